The molecule has 0 aliphatic carbocycles. The van der Waals surface area contributed by atoms with E-state index in [-0.39, 0.29) is 38.5 Å². The molecule has 0 fully saturated rings. The van der Waals surface area contributed by atoms with Crippen molar-refractivity contribution in [3.63, 3.8) is 0 Å². The highest BCUT2D eigenvalue weighted by Gasteiger charge is 2.31. The molecule has 4 nitrogen and oxygen atoms in total. The molecule has 0 spiro atoms. The largest absolute Gasteiger partial charge is 0.436 e. The molecule has 0 atom stereocenters. The number of nitriles is 1. The van der Waals surface area contributed by atoms with Crippen LogP contribution in [0.15, 0.2) is 42.7 Å². The number of benzene rings is 1. The zero-order valence-electron chi connectivity index (χ0n) is 13.6. The van der Waals surface area contributed by atoms with Gasteiger partial charge in [0.25, 0.3) is 0 Å². The van der Waals surface area contributed by atoms with Gasteiger partial charge >= 0.3 is 6.18 Å². The fraction of sp³-hybridized carbons (Fsp3) is 0.0556. The summed E-state index contributed by atoms with van der Waals surface area (Å²) < 4.78 is 43.8. The van der Waals surface area contributed by atoms with Crippen LogP contribution in [-0.4, -0.2) is 9.97 Å². The predicted molar refractivity (Wildman–Crippen MR) is 98.7 cm³/mol. The molecule has 0 radical (unpaired) electrons. The van der Waals surface area contributed by atoms with Crippen LogP contribution in [0.3, 0.4) is 0 Å². The molecule has 28 heavy (non-hydrogen) atoms. The number of rotatable bonds is 3. The summed E-state index contributed by atoms with van der Waals surface area (Å²) in [7, 11) is 0. The van der Waals surface area contributed by atoms with Crippen LogP contribution in [0, 0.1) is 11.3 Å². The maximum absolute atomic E-state index is 12.7. The molecule has 0 bridgehead atoms. The van der Waals surface area contributed by atoms with Gasteiger partial charge in [-0.15, -0.1) is 0 Å². The van der Waals surface area contributed by atoms with E-state index in [1.165, 1.54) is 24.4 Å². The van der Waals surface area contributed by atoms with Gasteiger partial charge in [0.15, 0.2) is 0 Å². The van der Waals surface area contributed by atoms with E-state index in [1.54, 1.807) is 6.07 Å². The minimum Gasteiger partial charge on any atom is -0.436 e. The maximum Gasteiger partial charge on any atom is 0.417 e. The van der Waals surface area contributed by atoms with Gasteiger partial charge in [-0.05, 0) is 30.3 Å². The van der Waals surface area contributed by atoms with Crippen molar-refractivity contribution in [2.75, 3.05) is 0 Å². The van der Waals surface area contributed by atoms with Crippen LogP contribution < -0.4 is 4.74 Å². The van der Waals surface area contributed by atoms with E-state index in [4.69, 9.17) is 39.5 Å². The van der Waals surface area contributed by atoms with Crippen molar-refractivity contribution in [3.8, 4) is 29.0 Å². The molecule has 0 N–H and O–H groups in total. The van der Waals surface area contributed by atoms with Crippen molar-refractivity contribution in [1.82, 2.24) is 9.97 Å². The van der Waals surface area contributed by atoms with Gasteiger partial charge in [0.2, 0.25) is 5.88 Å². The first-order valence-electron chi connectivity index (χ1n) is 7.45. The van der Waals surface area contributed by atoms with Gasteiger partial charge in [-0.3, -0.25) is 4.98 Å². The number of alkyl halides is 3. The molecule has 0 saturated carbocycles. The average molecular weight is 445 g/mol. The molecule has 0 amide bonds. The van der Waals surface area contributed by atoms with Crippen LogP contribution in [0.2, 0.25) is 15.1 Å². The molecule has 0 unspecified atom stereocenters. The third-order valence-electron chi connectivity index (χ3n) is 3.51. The summed E-state index contributed by atoms with van der Waals surface area (Å²) in [6, 6.07) is 8.54. The van der Waals surface area contributed by atoms with Gasteiger partial charge in [0.05, 0.1) is 21.3 Å². The normalized spacial score (nSPS) is 11.2. The number of nitrogens with zero attached hydrogens (tertiary/aromatic N) is 3. The first-order chi connectivity index (χ1) is 13.2. The van der Waals surface area contributed by atoms with Crippen LogP contribution in [0.1, 0.15) is 11.1 Å². The number of hydrogen-bond acceptors (Lipinski definition) is 4. The Morgan fingerprint density at radius 2 is 1.71 bits per heavy atom. The van der Waals surface area contributed by atoms with E-state index in [0.717, 1.165) is 6.07 Å². The highest BCUT2D eigenvalue weighted by molar-refractivity contribution is 6.35. The van der Waals surface area contributed by atoms with Crippen molar-refractivity contribution < 1.29 is 17.9 Å². The van der Waals surface area contributed by atoms with E-state index in [9.17, 15) is 18.4 Å². The zero-order chi connectivity index (χ0) is 20.5. The predicted octanol–water partition coefficient (Wildman–Crippen LogP) is 6.79. The third-order valence-corrected chi connectivity index (χ3v) is 4.33. The maximum atomic E-state index is 12.7. The Labute approximate surface area is 172 Å². The van der Waals surface area contributed by atoms with E-state index in [1.807, 2.05) is 6.07 Å². The minimum atomic E-state index is -4.57. The highest BCUT2D eigenvalue weighted by atomic mass is 35.5. The average Bonchev–Trinajstić information content (AvgIpc) is 2.63. The lowest BCUT2D eigenvalue weighted by Crippen LogP contribution is -2.06. The molecule has 2 aromatic heterocycles. The van der Waals surface area contributed by atoms with Gasteiger partial charge < -0.3 is 4.74 Å². The van der Waals surface area contributed by atoms with E-state index >= 15 is 0 Å². The number of aromatic nitrogens is 2. The molecule has 0 saturated heterocycles. The number of hydrogen-bond donors (Lipinski definition) is 0. The highest BCUT2D eigenvalue weighted by Crippen LogP contribution is 2.36. The molecule has 10 heteroatoms. The van der Waals surface area contributed by atoms with Crippen LogP contribution in [-0.2, 0) is 6.18 Å². The summed E-state index contributed by atoms with van der Waals surface area (Å²) in [5, 5.41) is 9.77. The van der Waals surface area contributed by atoms with Crippen LogP contribution >= 0.6 is 34.8 Å². The molecule has 3 aromatic rings. The summed E-state index contributed by atoms with van der Waals surface area (Å²) in [6.07, 6.45) is -2.63. The standard InChI is InChI=1S/C18H7Cl3F3N3O/c19-12-1-2-15(13(20)5-12)28-17-9(6-25)3-10(7-27-17)16-14(21)4-11(8-26-16)18(22,23)24/h1-5,7-8H. The summed E-state index contributed by atoms with van der Waals surface area (Å²) in [5.74, 6) is 0.187. The second kappa shape index (κ2) is 7.84. The topological polar surface area (TPSA) is 58.8 Å². The first-order valence-corrected chi connectivity index (χ1v) is 8.58. The molecular formula is C18H7Cl3F3N3O. The number of halogens is 6. The van der Waals surface area contributed by atoms with E-state index in [2.05, 4.69) is 9.97 Å². The molecule has 0 aliphatic rings. The van der Waals surface area contributed by atoms with Gasteiger partial charge in [-0.1, -0.05) is 34.8 Å². The summed E-state index contributed by atoms with van der Waals surface area (Å²) in [5.41, 5.74) is -0.659. The fourth-order valence-corrected chi connectivity index (χ4v) is 2.93. The van der Waals surface area contributed by atoms with Gasteiger partial charge in [0, 0.05) is 23.0 Å². The Hall–Kier alpha value is -2.53. The van der Waals surface area contributed by atoms with Crippen molar-refractivity contribution >= 4 is 34.8 Å². The van der Waals surface area contributed by atoms with Gasteiger partial charge in [-0.2, -0.15) is 18.4 Å². The van der Waals surface area contributed by atoms with Gasteiger partial charge in [0.1, 0.15) is 17.4 Å². The first kappa shape index (κ1) is 20.2. The Bertz CT molecular complexity index is 1100. The Balaban J connectivity index is 1.97. The Morgan fingerprint density at radius 1 is 0.964 bits per heavy atom. The second-order valence-corrected chi connectivity index (χ2v) is 6.67. The lowest BCUT2D eigenvalue weighted by molar-refractivity contribution is -0.137. The van der Waals surface area contributed by atoms with Crippen molar-refractivity contribution in [2.24, 2.45) is 0 Å². The molecule has 2 heterocycles. The SMILES string of the molecule is N#Cc1cc(-c2ncc(C(F)(F)F)cc2Cl)cnc1Oc1ccc(Cl)cc1Cl. The number of pyridine rings is 2. The minimum absolute atomic E-state index is 0.0151. The molecular weight excluding hydrogens is 438 g/mol. The van der Waals surface area contributed by atoms with E-state index in [0.29, 0.717) is 11.2 Å². The van der Waals surface area contributed by atoms with Crippen LogP contribution in [0.4, 0.5) is 13.2 Å². The Morgan fingerprint density at radius 3 is 2.32 bits per heavy atom. The summed E-state index contributed by atoms with van der Waals surface area (Å²) >= 11 is 17.8. The van der Waals surface area contributed by atoms with Crippen molar-refractivity contribution in [2.45, 2.75) is 6.18 Å². The third kappa shape index (κ3) is 4.30. The summed E-state index contributed by atoms with van der Waals surface area (Å²) in [4.78, 5) is 7.79. The van der Waals surface area contributed by atoms with Gasteiger partial charge in [-0.25, -0.2) is 4.98 Å². The monoisotopic (exact) mass is 443 g/mol. The lowest BCUT2D eigenvalue weighted by atomic mass is 10.1. The zero-order valence-corrected chi connectivity index (χ0v) is 15.8. The molecule has 142 valence electrons. The Kier molecular flexibility index (Phi) is 5.66. The lowest BCUT2D eigenvalue weighted by Gasteiger charge is -2.11. The molecule has 1 aromatic carbocycles. The summed E-state index contributed by atoms with van der Waals surface area (Å²) in [6.45, 7) is 0. The van der Waals surface area contributed by atoms with Crippen LogP contribution in [0.25, 0.3) is 11.3 Å². The van der Waals surface area contributed by atoms with E-state index < -0.39 is 11.7 Å². The molecule has 3 rings (SSSR count). The molecule has 0 aliphatic heterocycles. The van der Waals surface area contributed by atoms with Crippen molar-refractivity contribution in [3.05, 3.63) is 68.9 Å². The quantitative estimate of drug-likeness (QED) is 0.446. The smallest absolute Gasteiger partial charge is 0.417 e. The second-order valence-electron chi connectivity index (χ2n) is 5.42. The van der Waals surface area contributed by atoms with Crippen molar-refractivity contribution in [1.29, 1.82) is 5.26 Å². The fourth-order valence-electron chi connectivity index (χ4n) is 2.21. The van der Waals surface area contributed by atoms with Crippen LogP contribution in [0.5, 0.6) is 11.6 Å². The number of ether oxygens (including phenoxy) is 1.